The molecule has 0 aliphatic carbocycles. The molecule has 0 saturated heterocycles. The Balaban J connectivity index is 1.06. The van der Waals surface area contributed by atoms with E-state index in [-0.39, 0.29) is 23.2 Å². The van der Waals surface area contributed by atoms with Gasteiger partial charge in [0.15, 0.2) is 0 Å². The van der Waals surface area contributed by atoms with Crippen molar-refractivity contribution in [1.82, 2.24) is 14.1 Å². The third kappa shape index (κ3) is 9.17. The van der Waals surface area contributed by atoms with Crippen LogP contribution in [-0.2, 0) is 35.6 Å². The van der Waals surface area contributed by atoms with Crippen molar-refractivity contribution >= 4 is 46.4 Å². The Morgan fingerprint density at radius 1 is 0.432 bits per heavy atom. The molecule has 8 aromatic carbocycles. The van der Waals surface area contributed by atoms with E-state index in [4.69, 9.17) is 9.72 Å². The van der Waals surface area contributed by atoms with Crippen LogP contribution in [0.1, 0.15) is 79.0 Å². The number of imidazole rings is 1. The van der Waals surface area contributed by atoms with Gasteiger partial charge in [-0.15, -0.1) is 0 Å². The average molecular weight is 1150 g/mol. The number of benzene rings is 8. The van der Waals surface area contributed by atoms with E-state index in [1.54, 1.807) is 0 Å². The summed E-state index contributed by atoms with van der Waals surface area (Å²) < 4.78 is 12.7. The second-order valence-corrected chi connectivity index (χ2v) is 23.5. The molecule has 2 aromatic heterocycles. The summed E-state index contributed by atoms with van der Waals surface area (Å²) in [6.07, 6.45) is 0. The first kappa shape index (κ1) is 48.8. The van der Waals surface area contributed by atoms with Crippen LogP contribution in [0.15, 0.2) is 212 Å². The number of fused-ring (bicyclic) bond motifs is 2. The van der Waals surface area contributed by atoms with Crippen LogP contribution in [0, 0.1) is 3.80 Å². The molecule has 0 radical (unpaired) electrons. The summed E-state index contributed by atoms with van der Waals surface area (Å²) in [5, 5.41) is 0. The van der Waals surface area contributed by atoms with E-state index >= 15 is 0 Å². The molecule has 0 unspecified atom stereocenters. The molecule has 1 aliphatic heterocycles. The Labute approximate surface area is 448 Å². The molecule has 0 amide bonds. The summed E-state index contributed by atoms with van der Waals surface area (Å²) in [7, 11) is 0. The van der Waals surface area contributed by atoms with Gasteiger partial charge in [0, 0.05) is 5.69 Å². The minimum atomic E-state index is -0.187. The molecule has 6 nitrogen and oxygen atoms in total. The van der Waals surface area contributed by atoms with Crippen LogP contribution in [0.25, 0.3) is 44.7 Å². The fourth-order valence-corrected chi connectivity index (χ4v) is 11.4. The van der Waals surface area contributed by atoms with Gasteiger partial charge in [-0.3, -0.25) is 0 Å². The Bertz CT molecular complexity index is 3720. The van der Waals surface area contributed by atoms with Crippen LogP contribution < -0.4 is 19.8 Å². The molecular formula is C66H62BN5OPt. The van der Waals surface area contributed by atoms with Crippen molar-refractivity contribution in [2.24, 2.45) is 0 Å². The normalized spacial score (nSPS) is 12.9. The molecule has 0 fully saturated rings. The molecule has 0 spiro atoms. The first-order valence-electron chi connectivity index (χ1n) is 25.6. The number of hydrogen-bond donors (Lipinski definition) is 0. The number of nitrogens with zero attached hydrogens (tertiary/aromatic N) is 5. The van der Waals surface area contributed by atoms with Gasteiger partial charge < -0.3 is 0 Å². The second-order valence-electron chi connectivity index (χ2n) is 22.5. The van der Waals surface area contributed by atoms with E-state index in [1.165, 1.54) is 38.9 Å². The van der Waals surface area contributed by atoms with Crippen LogP contribution >= 0.6 is 0 Å². The van der Waals surface area contributed by atoms with E-state index in [9.17, 15) is 0 Å². The zero-order chi connectivity index (χ0) is 51.5. The Morgan fingerprint density at radius 2 is 0.932 bits per heavy atom. The molecule has 0 bridgehead atoms. The Hall–Kier alpha value is -7.47. The summed E-state index contributed by atoms with van der Waals surface area (Å²) in [5.74, 6) is 1.98. The molecule has 3 heterocycles. The molecule has 370 valence electrons. The van der Waals surface area contributed by atoms with Gasteiger partial charge in [0.05, 0.1) is 0 Å². The molecule has 0 saturated carbocycles. The SMILES string of the molecule is CC(C)(C)c1cc(-c2cc(C(C)(C)C)cc(-c3ccccc3)c2-n2[c](=[Pt])n(-c3cccc(Oc4cccc(N5B(c6ccccc6)N(c6ccccc6)c6ccccc65)n4)c3)c3ccccc32)cc(C(C)(C)C)c1. The predicted octanol–water partition coefficient (Wildman–Crippen LogP) is 16.6. The van der Waals surface area contributed by atoms with Crippen molar-refractivity contribution < 1.29 is 24.1 Å². The standard InChI is InChI=1S/C66H62BN5O.Pt/c1-64(2,3)48-39-47(40-49(41-48)65(4,5)6)56-43-50(66(7,8)9)42-55(46-25-13-10-14-26-46)63(56)70-45-69(57-33-19-20-34-58(57)70)53-31-23-32-54(44-53)73-62-38-24-37-61(68-62)72-60-36-22-21-35-59(60)71(52-29-17-12-18-30-52)67(72)51-27-15-11-16-28-51;/h10-44H,1-9H3;. The van der Waals surface area contributed by atoms with Crippen molar-refractivity contribution in [2.75, 3.05) is 9.62 Å². The summed E-state index contributed by atoms with van der Waals surface area (Å²) in [6.45, 7) is 20.7. The van der Waals surface area contributed by atoms with Gasteiger partial charge in [-0.05, 0) is 18.2 Å². The molecule has 10 aromatic rings. The zero-order valence-electron chi connectivity index (χ0n) is 43.7. The second kappa shape index (κ2) is 19.1. The van der Waals surface area contributed by atoms with Gasteiger partial charge in [-0.1, -0.05) is 60.7 Å². The maximum atomic E-state index is 6.83. The number of hydrogen-bond acceptors (Lipinski definition) is 4. The quantitative estimate of drug-likeness (QED) is 0.135. The molecule has 74 heavy (non-hydrogen) atoms. The van der Waals surface area contributed by atoms with E-state index in [0.29, 0.717) is 11.6 Å². The third-order valence-electron chi connectivity index (χ3n) is 14.2. The van der Waals surface area contributed by atoms with E-state index < -0.39 is 0 Å². The van der Waals surface area contributed by atoms with E-state index in [2.05, 4.69) is 295 Å². The topological polar surface area (TPSA) is 38.5 Å². The fourth-order valence-electron chi connectivity index (χ4n) is 10.3. The third-order valence-corrected chi connectivity index (χ3v) is 15.3. The number of rotatable bonds is 9. The summed E-state index contributed by atoms with van der Waals surface area (Å²) in [6, 6.07) is 76.2. The molecule has 8 heteroatoms. The summed E-state index contributed by atoms with van der Waals surface area (Å²) in [5.41, 5.74) is 17.2. The van der Waals surface area contributed by atoms with Crippen molar-refractivity contribution in [3.63, 3.8) is 0 Å². The Kier molecular flexibility index (Phi) is 12.6. The number of para-hydroxylation sites is 5. The van der Waals surface area contributed by atoms with Gasteiger partial charge in [0.2, 0.25) is 0 Å². The molecule has 0 atom stereocenters. The first-order chi connectivity index (χ1) is 35.5. The first-order valence-corrected chi connectivity index (χ1v) is 26.8. The van der Waals surface area contributed by atoms with Gasteiger partial charge in [-0.25, -0.2) is 0 Å². The van der Waals surface area contributed by atoms with Crippen LogP contribution in [0.4, 0.5) is 22.9 Å². The number of ether oxygens (including phenoxy) is 1. The van der Waals surface area contributed by atoms with Crippen molar-refractivity contribution in [3.8, 4) is 45.3 Å². The van der Waals surface area contributed by atoms with Gasteiger partial charge >= 0.3 is 366 Å². The summed E-state index contributed by atoms with van der Waals surface area (Å²) >= 11 is 2.55. The van der Waals surface area contributed by atoms with Gasteiger partial charge in [-0.2, -0.15) is 0 Å². The monoisotopic (exact) mass is 1150 g/mol. The van der Waals surface area contributed by atoms with Crippen molar-refractivity contribution in [2.45, 2.75) is 78.6 Å². The fraction of sp³-hybridized carbons (Fsp3) is 0.182. The van der Waals surface area contributed by atoms with Crippen molar-refractivity contribution in [1.29, 1.82) is 0 Å². The average Bonchev–Trinajstić information content (AvgIpc) is 3.91. The number of pyridine rings is 1. The maximum absolute atomic E-state index is 6.83. The van der Waals surface area contributed by atoms with Crippen LogP contribution in [-0.4, -0.2) is 21.1 Å². The Morgan fingerprint density at radius 3 is 1.55 bits per heavy atom. The van der Waals surface area contributed by atoms with Crippen LogP contribution in [0.2, 0.25) is 0 Å². The summed E-state index contributed by atoms with van der Waals surface area (Å²) in [4.78, 5) is 10.00. The molecule has 11 rings (SSSR count). The number of aromatic nitrogens is 3. The van der Waals surface area contributed by atoms with Crippen LogP contribution in [0.5, 0.6) is 11.6 Å². The van der Waals surface area contributed by atoms with Gasteiger partial charge in [0.1, 0.15) is 0 Å². The van der Waals surface area contributed by atoms with Crippen molar-refractivity contribution in [3.05, 3.63) is 233 Å². The minimum absolute atomic E-state index is 0.0601. The van der Waals surface area contributed by atoms with Crippen LogP contribution in [0.3, 0.4) is 0 Å². The van der Waals surface area contributed by atoms with E-state index in [1.807, 2.05) is 18.2 Å². The predicted molar refractivity (Wildman–Crippen MR) is 306 cm³/mol. The zero-order valence-corrected chi connectivity index (χ0v) is 46.0. The van der Waals surface area contributed by atoms with E-state index in [0.717, 1.165) is 54.6 Å². The molecule has 1 aliphatic rings. The molecular weight excluding hydrogens is 1080 g/mol. The molecule has 0 N–H and O–H groups in total. The van der Waals surface area contributed by atoms with Gasteiger partial charge in [0.25, 0.3) is 0 Å². The number of anilines is 4.